The summed E-state index contributed by atoms with van der Waals surface area (Å²) >= 11 is 0. The molecule has 1 aromatic carbocycles. The molecular formula is C9H14BN. The Balaban J connectivity index is 2.83. The summed E-state index contributed by atoms with van der Waals surface area (Å²) in [6.07, 6.45) is 0. The molecule has 0 bridgehead atoms. The first kappa shape index (κ1) is 8.34. The summed E-state index contributed by atoms with van der Waals surface area (Å²) in [5, 5.41) is 3.16. The summed E-state index contributed by atoms with van der Waals surface area (Å²) in [7, 11) is 3.10. The Bertz CT molecular complexity index is 223. The van der Waals surface area contributed by atoms with Crippen molar-refractivity contribution in [2.24, 2.45) is 0 Å². The maximum absolute atomic E-state index is 3.16. The lowest BCUT2D eigenvalue weighted by atomic mass is 9.71. The van der Waals surface area contributed by atoms with E-state index in [1.54, 1.807) is 0 Å². The second-order valence-electron chi connectivity index (χ2n) is 2.65. The standard InChI is InChI=1S/C9H14BN/c1-10-9-6-4-3-5-8(9)7-11-2/h3-6,10-11H,7H2,1-2H3. The van der Waals surface area contributed by atoms with E-state index >= 15 is 0 Å². The lowest BCUT2D eigenvalue weighted by Crippen LogP contribution is -2.20. The summed E-state index contributed by atoms with van der Waals surface area (Å²) in [4.78, 5) is 0. The fraction of sp³-hybridized carbons (Fsp3) is 0.333. The van der Waals surface area contributed by atoms with Crippen LogP contribution in [0.3, 0.4) is 0 Å². The van der Waals surface area contributed by atoms with Crippen molar-refractivity contribution in [1.29, 1.82) is 0 Å². The zero-order chi connectivity index (χ0) is 8.10. The van der Waals surface area contributed by atoms with E-state index in [2.05, 4.69) is 36.4 Å². The Labute approximate surface area is 69.1 Å². The molecule has 0 saturated heterocycles. The molecule has 58 valence electrons. The molecule has 0 unspecified atom stereocenters. The van der Waals surface area contributed by atoms with E-state index in [0.717, 1.165) is 13.8 Å². The van der Waals surface area contributed by atoms with Crippen molar-refractivity contribution in [3.63, 3.8) is 0 Å². The van der Waals surface area contributed by atoms with E-state index in [-0.39, 0.29) is 0 Å². The molecule has 2 heteroatoms. The molecule has 0 atom stereocenters. The molecule has 1 nitrogen and oxygen atoms in total. The maximum atomic E-state index is 3.16. The van der Waals surface area contributed by atoms with Gasteiger partial charge in [-0.3, -0.25) is 0 Å². The van der Waals surface area contributed by atoms with Crippen LogP contribution < -0.4 is 10.8 Å². The van der Waals surface area contributed by atoms with Crippen LogP contribution in [0.2, 0.25) is 6.82 Å². The summed E-state index contributed by atoms with van der Waals surface area (Å²) in [5.41, 5.74) is 2.86. The van der Waals surface area contributed by atoms with Crippen molar-refractivity contribution < 1.29 is 0 Å². The minimum Gasteiger partial charge on any atom is -0.316 e. The fourth-order valence-corrected chi connectivity index (χ4v) is 1.27. The first-order chi connectivity index (χ1) is 5.38. The van der Waals surface area contributed by atoms with Gasteiger partial charge in [-0.1, -0.05) is 36.6 Å². The summed E-state index contributed by atoms with van der Waals surface area (Å²) < 4.78 is 0. The third-order valence-electron chi connectivity index (χ3n) is 1.87. The average Bonchev–Trinajstić information content (AvgIpc) is 2.06. The Morgan fingerprint density at radius 2 is 2.09 bits per heavy atom. The van der Waals surface area contributed by atoms with Crippen LogP contribution in [0.4, 0.5) is 0 Å². The molecule has 0 aromatic heterocycles. The first-order valence-corrected chi connectivity index (χ1v) is 4.10. The molecule has 0 amide bonds. The summed E-state index contributed by atoms with van der Waals surface area (Å²) in [6, 6.07) is 8.55. The predicted molar refractivity (Wildman–Crippen MR) is 51.9 cm³/mol. The van der Waals surface area contributed by atoms with Crippen molar-refractivity contribution in [2.75, 3.05) is 7.05 Å². The van der Waals surface area contributed by atoms with Crippen molar-refractivity contribution in [3.8, 4) is 0 Å². The van der Waals surface area contributed by atoms with Gasteiger partial charge in [-0.15, -0.1) is 0 Å². The van der Waals surface area contributed by atoms with E-state index < -0.39 is 0 Å². The molecule has 0 spiro atoms. The van der Waals surface area contributed by atoms with Crippen LogP contribution in [-0.4, -0.2) is 14.3 Å². The molecule has 0 aliphatic rings. The zero-order valence-corrected chi connectivity index (χ0v) is 7.22. The molecular weight excluding hydrogens is 133 g/mol. The highest BCUT2D eigenvalue weighted by molar-refractivity contribution is 6.52. The van der Waals surface area contributed by atoms with Gasteiger partial charge in [-0.25, -0.2) is 0 Å². The van der Waals surface area contributed by atoms with Crippen molar-refractivity contribution in [1.82, 2.24) is 5.32 Å². The van der Waals surface area contributed by atoms with Crippen LogP contribution in [0.15, 0.2) is 24.3 Å². The zero-order valence-electron chi connectivity index (χ0n) is 7.22. The normalized spacial score (nSPS) is 9.64. The largest absolute Gasteiger partial charge is 0.316 e. The van der Waals surface area contributed by atoms with E-state index in [4.69, 9.17) is 0 Å². The van der Waals surface area contributed by atoms with Gasteiger partial charge in [0, 0.05) is 6.54 Å². The second kappa shape index (κ2) is 4.19. The lowest BCUT2D eigenvalue weighted by Gasteiger charge is -2.04. The van der Waals surface area contributed by atoms with Gasteiger partial charge in [0.1, 0.15) is 0 Å². The molecule has 0 saturated carbocycles. The maximum Gasteiger partial charge on any atom is 0.154 e. The van der Waals surface area contributed by atoms with Gasteiger partial charge in [-0.05, 0) is 12.6 Å². The van der Waals surface area contributed by atoms with Gasteiger partial charge >= 0.3 is 0 Å². The Kier molecular flexibility index (Phi) is 3.18. The van der Waals surface area contributed by atoms with Crippen molar-refractivity contribution in [3.05, 3.63) is 29.8 Å². The van der Waals surface area contributed by atoms with E-state index in [0.29, 0.717) is 0 Å². The van der Waals surface area contributed by atoms with Crippen LogP contribution in [0, 0.1) is 0 Å². The summed E-state index contributed by atoms with van der Waals surface area (Å²) in [6.45, 7) is 3.17. The number of hydrogen-bond acceptors (Lipinski definition) is 1. The van der Waals surface area contributed by atoms with Crippen molar-refractivity contribution >= 4 is 12.7 Å². The van der Waals surface area contributed by atoms with Gasteiger partial charge < -0.3 is 5.32 Å². The third kappa shape index (κ3) is 2.09. The molecule has 11 heavy (non-hydrogen) atoms. The SMILES string of the molecule is CBc1ccccc1CNC. The van der Waals surface area contributed by atoms with Gasteiger partial charge in [0.05, 0.1) is 0 Å². The molecule has 1 aromatic rings. The number of rotatable bonds is 3. The molecule has 1 rings (SSSR count). The van der Waals surface area contributed by atoms with Crippen LogP contribution in [0.5, 0.6) is 0 Å². The van der Waals surface area contributed by atoms with Crippen molar-refractivity contribution in [2.45, 2.75) is 13.4 Å². The third-order valence-corrected chi connectivity index (χ3v) is 1.87. The molecule has 0 fully saturated rings. The Hall–Kier alpha value is -0.755. The number of benzene rings is 1. The second-order valence-corrected chi connectivity index (χ2v) is 2.65. The van der Waals surface area contributed by atoms with E-state index in [9.17, 15) is 0 Å². The smallest absolute Gasteiger partial charge is 0.154 e. The highest BCUT2D eigenvalue weighted by Gasteiger charge is 1.96. The Morgan fingerprint density at radius 3 is 2.73 bits per heavy atom. The molecule has 1 N–H and O–H groups in total. The van der Waals surface area contributed by atoms with Crippen LogP contribution >= 0.6 is 0 Å². The Morgan fingerprint density at radius 1 is 1.36 bits per heavy atom. The topological polar surface area (TPSA) is 12.0 Å². The highest BCUT2D eigenvalue weighted by Crippen LogP contribution is 1.93. The quantitative estimate of drug-likeness (QED) is 0.614. The molecule has 0 aliphatic carbocycles. The predicted octanol–water partition coefficient (Wildman–Crippen LogP) is 0.516. The lowest BCUT2D eigenvalue weighted by molar-refractivity contribution is 0.822. The minimum absolute atomic E-state index is 0.976. The fourth-order valence-electron chi connectivity index (χ4n) is 1.27. The van der Waals surface area contributed by atoms with Gasteiger partial charge in [-0.2, -0.15) is 0 Å². The van der Waals surface area contributed by atoms with Gasteiger partial charge in [0.2, 0.25) is 0 Å². The average molecular weight is 147 g/mol. The molecule has 0 radical (unpaired) electrons. The first-order valence-electron chi connectivity index (χ1n) is 4.10. The molecule has 0 heterocycles. The van der Waals surface area contributed by atoms with E-state index in [1.165, 1.54) is 11.0 Å². The number of hydrogen-bond donors (Lipinski definition) is 1. The highest BCUT2D eigenvalue weighted by atomic mass is 14.8. The minimum atomic E-state index is 0.976. The molecule has 0 aliphatic heterocycles. The van der Waals surface area contributed by atoms with Crippen LogP contribution in [0.1, 0.15) is 5.56 Å². The number of nitrogens with one attached hydrogen (secondary N) is 1. The van der Waals surface area contributed by atoms with Crippen LogP contribution in [-0.2, 0) is 6.54 Å². The summed E-state index contributed by atoms with van der Waals surface area (Å²) in [5.74, 6) is 0. The van der Waals surface area contributed by atoms with E-state index in [1.807, 2.05) is 7.05 Å². The monoisotopic (exact) mass is 147 g/mol. The van der Waals surface area contributed by atoms with Crippen LogP contribution in [0.25, 0.3) is 0 Å². The van der Waals surface area contributed by atoms with Gasteiger partial charge in [0.15, 0.2) is 7.28 Å². The van der Waals surface area contributed by atoms with Gasteiger partial charge in [0.25, 0.3) is 0 Å².